The lowest BCUT2D eigenvalue weighted by Crippen LogP contribution is -2.52. The highest BCUT2D eigenvalue weighted by molar-refractivity contribution is 6.00. The number of anilines is 2. The molecule has 0 bridgehead atoms. The van der Waals surface area contributed by atoms with Gasteiger partial charge in [0.25, 0.3) is 0 Å². The summed E-state index contributed by atoms with van der Waals surface area (Å²) in [6.07, 6.45) is -3.52. The van der Waals surface area contributed by atoms with Gasteiger partial charge in [0.1, 0.15) is 17.3 Å². The number of ether oxygens (including phenoxy) is 2. The number of halogens is 4. The molecule has 1 aliphatic heterocycles. The Morgan fingerprint density at radius 2 is 1.80 bits per heavy atom. The van der Waals surface area contributed by atoms with E-state index in [2.05, 4.69) is 15.6 Å². The van der Waals surface area contributed by atoms with Crippen LogP contribution in [-0.4, -0.2) is 23.8 Å². The Morgan fingerprint density at radius 1 is 1.09 bits per heavy atom. The van der Waals surface area contributed by atoms with Gasteiger partial charge >= 0.3 is 12.2 Å². The molecule has 0 spiro atoms. The molecule has 6 nitrogen and oxygen atoms in total. The van der Waals surface area contributed by atoms with Gasteiger partial charge in [-0.25, -0.2) is 14.2 Å². The average molecular weight is 489 g/mol. The first-order valence-electron chi connectivity index (χ1n) is 10.9. The van der Waals surface area contributed by atoms with Gasteiger partial charge in [-0.05, 0) is 41.8 Å². The van der Waals surface area contributed by atoms with Gasteiger partial charge in [0.15, 0.2) is 5.60 Å². The second-order valence-electron chi connectivity index (χ2n) is 8.35. The highest BCUT2D eigenvalue weighted by Crippen LogP contribution is 2.53. The molecule has 184 valence electrons. The molecule has 1 saturated heterocycles. The molecule has 1 fully saturated rings. The molecule has 1 aromatic heterocycles. The molecule has 0 saturated carbocycles. The van der Waals surface area contributed by atoms with E-state index in [9.17, 15) is 22.4 Å². The summed E-state index contributed by atoms with van der Waals surface area (Å²) in [6, 6.07) is 12.3. The number of rotatable bonds is 6. The summed E-state index contributed by atoms with van der Waals surface area (Å²) >= 11 is 0. The second kappa shape index (κ2) is 9.53. The van der Waals surface area contributed by atoms with E-state index >= 15 is 0 Å². The van der Waals surface area contributed by atoms with E-state index in [1.807, 2.05) is 13.8 Å². The largest absolute Gasteiger partial charge is 0.437 e. The smallest absolute Gasteiger partial charge is 0.421 e. The molecule has 0 aliphatic carbocycles. The van der Waals surface area contributed by atoms with Crippen molar-refractivity contribution in [1.82, 2.24) is 4.98 Å². The lowest BCUT2D eigenvalue weighted by molar-refractivity contribution is -0.333. The molecular weight excluding hydrogens is 466 g/mol. The number of hydrogen-bond donors (Lipinski definition) is 2. The minimum absolute atomic E-state index is 0.0287. The monoisotopic (exact) mass is 489 g/mol. The lowest BCUT2D eigenvalue weighted by atomic mass is 9.85. The van der Waals surface area contributed by atoms with Crippen LogP contribution in [0.3, 0.4) is 0 Å². The zero-order valence-corrected chi connectivity index (χ0v) is 18.9. The van der Waals surface area contributed by atoms with Gasteiger partial charge in [-0.15, -0.1) is 0 Å². The molecule has 1 atom stereocenters. The molecule has 2 heterocycles. The highest BCUT2D eigenvalue weighted by atomic mass is 19.4. The third kappa shape index (κ3) is 4.93. The van der Waals surface area contributed by atoms with E-state index in [4.69, 9.17) is 9.47 Å². The fourth-order valence-electron chi connectivity index (χ4n) is 3.72. The minimum Gasteiger partial charge on any atom is -0.437 e. The molecule has 4 rings (SSSR count). The van der Waals surface area contributed by atoms with E-state index in [1.165, 1.54) is 54.7 Å². The third-order valence-corrected chi connectivity index (χ3v) is 5.72. The Kier molecular flexibility index (Phi) is 6.66. The predicted octanol–water partition coefficient (Wildman–Crippen LogP) is 6.96. The highest BCUT2D eigenvalue weighted by Gasteiger charge is 2.62. The Balaban J connectivity index is 1.55. The van der Waals surface area contributed by atoms with Crippen LogP contribution in [0.4, 0.5) is 33.7 Å². The Morgan fingerprint density at radius 3 is 2.43 bits per heavy atom. The van der Waals surface area contributed by atoms with Crippen molar-refractivity contribution < 1.29 is 31.8 Å². The van der Waals surface area contributed by atoms with E-state index in [0.717, 1.165) is 5.56 Å². The molecule has 10 heteroatoms. The zero-order valence-electron chi connectivity index (χ0n) is 18.9. The van der Waals surface area contributed by atoms with Crippen LogP contribution in [-0.2, 0) is 10.3 Å². The Labute approximate surface area is 199 Å². The number of benzene rings is 2. The number of carbonyl (C=O) groups is 1. The number of nitrogens with one attached hydrogen (secondary N) is 2. The van der Waals surface area contributed by atoms with Crippen molar-refractivity contribution in [2.75, 3.05) is 17.2 Å². The van der Waals surface area contributed by atoms with Crippen molar-refractivity contribution in [3.05, 3.63) is 77.7 Å². The molecular formula is C25H23F4N3O3. The Hall–Kier alpha value is -3.66. The minimum atomic E-state index is -4.65. The van der Waals surface area contributed by atoms with Crippen LogP contribution in [0.1, 0.15) is 37.3 Å². The van der Waals surface area contributed by atoms with Crippen molar-refractivity contribution >= 4 is 17.4 Å². The number of pyridine rings is 1. The average Bonchev–Trinajstić information content (AvgIpc) is 2.75. The van der Waals surface area contributed by atoms with Gasteiger partial charge in [-0.1, -0.05) is 38.1 Å². The first kappa shape index (κ1) is 24.5. The number of nitrogens with zero attached hydrogens (tertiary/aromatic N) is 1. The topological polar surface area (TPSA) is 72.5 Å². The maximum Gasteiger partial charge on any atom is 0.421 e. The normalized spacial score (nSPS) is 17.6. The number of aromatic nitrogens is 1. The second-order valence-corrected chi connectivity index (χ2v) is 8.35. The van der Waals surface area contributed by atoms with Crippen molar-refractivity contribution in [2.24, 2.45) is 0 Å². The van der Waals surface area contributed by atoms with Gasteiger partial charge in [0, 0.05) is 18.2 Å². The van der Waals surface area contributed by atoms with Crippen LogP contribution in [0.25, 0.3) is 0 Å². The van der Waals surface area contributed by atoms with Crippen LogP contribution in [0.5, 0.6) is 11.6 Å². The van der Waals surface area contributed by atoms with Gasteiger partial charge in [0.05, 0.1) is 12.3 Å². The molecule has 2 aromatic carbocycles. The van der Waals surface area contributed by atoms with Gasteiger partial charge in [-0.3, -0.25) is 0 Å². The summed E-state index contributed by atoms with van der Waals surface area (Å²) < 4.78 is 66.6. The van der Waals surface area contributed by atoms with Crippen LogP contribution in [0.2, 0.25) is 0 Å². The molecule has 1 aliphatic rings. The number of hydrogen-bond acceptors (Lipinski definition) is 4. The molecule has 35 heavy (non-hydrogen) atoms. The van der Waals surface area contributed by atoms with Gasteiger partial charge in [0.2, 0.25) is 5.88 Å². The summed E-state index contributed by atoms with van der Waals surface area (Å²) in [4.78, 5) is 16.6. The first-order chi connectivity index (χ1) is 16.6. The summed E-state index contributed by atoms with van der Waals surface area (Å²) in [5, 5.41) is 4.92. The summed E-state index contributed by atoms with van der Waals surface area (Å²) in [5.74, 6) is -0.725. The van der Waals surface area contributed by atoms with Gasteiger partial charge < -0.3 is 20.1 Å². The quantitative estimate of drug-likeness (QED) is 0.367. The molecule has 3 aromatic rings. The van der Waals surface area contributed by atoms with Crippen molar-refractivity contribution in [1.29, 1.82) is 0 Å². The van der Waals surface area contributed by atoms with Crippen LogP contribution in [0.15, 0.2) is 60.8 Å². The summed E-state index contributed by atoms with van der Waals surface area (Å²) in [6.45, 7) is 3.81. The number of alkyl halides is 3. The summed E-state index contributed by atoms with van der Waals surface area (Å²) in [5.41, 5.74) is -1.83. The first-order valence-corrected chi connectivity index (χ1v) is 10.9. The molecule has 0 radical (unpaired) electrons. The van der Waals surface area contributed by atoms with Gasteiger partial charge in [-0.2, -0.15) is 13.2 Å². The number of amides is 2. The fourth-order valence-corrected chi connectivity index (χ4v) is 3.72. The Bertz CT molecular complexity index is 1230. The standard InChI is InChI=1S/C25H23F4N3O3/c1-15(2)16-9-10-19(18(26)14-16)31-23(33)32-20-7-5-12-30-22(20)35-21-8-4-3-6-17(21)24(11-13-34-24)25(27,28)29/h3-10,12,14-15H,11,13H2,1-2H3,(H2,31,32,33)/t24-/m1/s1. The van der Waals surface area contributed by atoms with Crippen molar-refractivity contribution in [3.63, 3.8) is 0 Å². The predicted molar refractivity (Wildman–Crippen MR) is 122 cm³/mol. The van der Waals surface area contributed by atoms with E-state index in [-0.39, 0.29) is 47.5 Å². The van der Waals surface area contributed by atoms with E-state index < -0.39 is 23.6 Å². The maximum atomic E-state index is 14.4. The molecule has 2 amide bonds. The lowest BCUT2D eigenvalue weighted by Gasteiger charge is -2.43. The van der Waals surface area contributed by atoms with Crippen molar-refractivity contribution in [2.45, 2.75) is 38.0 Å². The number of para-hydroxylation sites is 1. The molecule has 2 N–H and O–H groups in total. The fraction of sp³-hybridized carbons (Fsp3) is 0.280. The number of carbonyl (C=O) groups excluding carboxylic acids is 1. The van der Waals surface area contributed by atoms with E-state index in [1.54, 1.807) is 6.07 Å². The van der Waals surface area contributed by atoms with E-state index in [0.29, 0.717) is 0 Å². The SMILES string of the molecule is CC(C)c1ccc(NC(=O)Nc2cccnc2Oc2ccccc2[C@@]2(C(F)(F)F)CCO2)c(F)c1. The number of urea groups is 1. The summed E-state index contributed by atoms with van der Waals surface area (Å²) in [7, 11) is 0. The third-order valence-electron chi connectivity index (χ3n) is 5.72. The van der Waals surface area contributed by atoms with Crippen molar-refractivity contribution in [3.8, 4) is 11.6 Å². The van der Waals surface area contributed by atoms with Crippen LogP contribution < -0.4 is 15.4 Å². The van der Waals surface area contributed by atoms with Crippen LogP contribution in [0, 0.1) is 5.82 Å². The maximum absolute atomic E-state index is 14.4. The van der Waals surface area contributed by atoms with Crippen LogP contribution >= 0.6 is 0 Å². The zero-order chi connectivity index (χ0) is 25.2. The molecule has 0 unspecified atom stereocenters.